The van der Waals surface area contributed by atoms with Gasteiger partial charge in [0.05, 0.1) is 24.7 Å². The van der Waals surface area contributed by atoms with E-state index < -0.39 is 0 Å². The summed E-state index contributed by atoms with van der Waals surface area (Å²) in [6.07, 6.45) is 3.44. The first-order valence-electron chi connectivity index (χ1n) is 11.3. The van der Waals surface area contributed by atoms with E-state index in [2.05, 4.69) is 9.80 Å². The lowest BCUT2D eigenvalue weighted by molar-refractivity contribution is -0.384. The predicted octanol–water partition coefficient (Wildman–Crippen LogP) is 4.15. The number of rotatable bonds is 6. The number of hydrogen-bond donors (Lipinski definition) is 0. The minimum atomic E-state index is -0.315. The van der Waals surface area contributed by atoms with Crippen LogP contribution in [0.15, 0.2) is 36.4 Å². The highest BCUT2D eigenvalue weighted by Crippen LogP contribution is 2.40. The van der Waals surface area contributed by atoms with E-state index in [4.69, 9.17) is 19.4 Å². The average Bonchev–Trinajstić information content (AvgIpc) is 2.81. The second-order valence-electron chi connectivity index (χ2n) is 8.48. The molecule has 9 heteroatoms. The van der Waals surface area contributed by atoms with Gasteiger partial charge in [-0.05, 0) is 25.0 Å². The fraction of sp³-hybridized carbons (Fsp3) is 0.417. The molecule has 0 atom stereocenters. The third kappa shape index (κ3) is 3.88. The molecular formula is C24H27N5O4. The van der Waals surface area contributed by atoms with Crippen LogP contribution in [-0.2, 0) is 0 Å². The molecular weight excluding hydrogens is 422 g/mol. The number of hydrogen-bond acceptors (Lipinski definition) is 8. The normalized spacial score (nSPS) is 16.5. The van der Waals surface area contributed by atoms with Crippen LogP contribution in [0.3, 0.4) is 0 Å². The molecule has 2 heterocycles. The fourth-order valence-electron chi connectivity index (χ4n) is 4.59. The van der Waals surface area contributed by atoms with Gasteiger partial charge in [-0.15, -0.1) is 0 Å². The van der Waals surface area contributed by atoms with Gasteiger partial charge in [-0.1, -0.05) is 18.6 Å². The number of nitro benzene ring substituents is 1. The van der Waals surface area contributed by atoms with Gasteiger partial charge in [-0.2, -0.15) is 0 Å². The predicted molar refractivity (Wildman–Crippen MR) is 127 cm³/mol. The van der Waals surface area contributed by atoms with Crippen LogP contribution in [0.2, 0.25) is 0 Å². The number of ether oxygens (including phenoxy) is 2. The second kappa shape index (κ2) is 8.73. The third-order valence-corrected chi connectivity index (χ3v) is 6.67. The van der Waals surface area contributed by atoms with E-state index in [1.807, 2.05) is 24.3 Å². The van der Waals surface area contributed by atoms with Gasteiger partial charge < -0.3 is 19.3 Å². The van der Waals surface area contributed by atoms with Gasteiger partial charge >= 0.3 is 0 Å². The molecule has 1 aliphatic heterocycles. The zero-order chi connectivity index (χ0) is 22.9. The summed E-state index contributed by atoms with van der Waals surface area (Å²) in [6, 6.07) is 10.8. The standard InChI is InChI=1S/C24H27N5O4/c1-32-21-14-17-18(15-22(21)33-2)25-23(16-6-5-7-16)26-24(17)28-12-10-27(11-13-28)19-8-3-4-9-20(19)29(30)31/h3-4,8-9,14-16H,5-7,10-13H2,1-2H3. The Hall–Kier alpha value is -3.62. The van der Waals surface area contributed by atoms with Gasteiger partial charge in [0, 0.05) is 49.6 Å². The van der Waals surface area contributed by atoms with E-state index in [-0.39, 0.29) is 10.6 Å². The molecule has 3 aromatic rings. The van der Waals surface area contributed by atoms with Gasteiger partial charge in [-0.25, -0.2) is 9.97 Å². The van der Waals surface area contributed by atoms with Crippen molar-refractivity contribution in [2.45, 2.75) is 25.2 Å². The van der Waals surface area contributed by atoms with E-state index in [9.17, 15) is 10.1 Å². The summed E-state index contributed by atoms with van der Waals surface area (Å²) in [5.74, 6) is 3.47. The maximum atomic E-state index is 11.5. The van der Waals surface area contributed by atoms with E-state index in [1.54, 1.807) is 26.4 Å². The van der Waals surface area contributed by atoms with Crippen molar-refractivity contribution in [3.05, 3.63) is 52.3 Å². The molecule has 0 N–H and O–H groups in total. The molecule has 1 aliphatic carbocycles. The molecule has 0 spiro atoms. The van der Waals surface area contributed by atoms with Crippen LogP contribution in [0.5, 0.6) is 11.5 Å². The lowest BCUT2D eigenvalue weighted by atomic mass is 9.85. The number of nitro groups is 1. The summed E-state index contributed by atoms with van der Waals surface area (Å²) in [6.45, 7) is 2.75. The monoisotopic (exact) mass is 449 g/mol. The van der Waals surface area contributed by atoms with Gasteiger partial charge in [0.2, 0.25) is 0 Å². The first-order valence-corrected chi connectivity index (χ1v) is 11.3. The molecule has 5 rings (SSSR count). The van der Waals surface area contributed by atoms with E-state index >= 15 is 0 Å². The SMILES string of the molecule is COc1cc2nc(C3CCC3)nc(N3CCN(c4ccccc4[N+](=O)[O-])CC3)c2cc1OC. The van der Waals surface area contributed by atoms with Crippen LogP contribution in [0.4, 0.5) is 17.2 Å². The first-order chi connectivity index (χ1) is 16.1. The van der Waals surface area contributed by atoms with Gasteiger partial charge in [0.1, 0.15) is 17.3 Å². The molecule has 2 fully saturated rings. The summed E-state index contributed by atoms with van der Waals surface area (Å²) >= 11 is 0. The van der Waals surface area contributed by atoms with Crippen LogP contribution in [-0.4, -0.2) is 55.3 Å². The Kier molecular flexibility index (Phi) is 5.62. The minimum absolute atomic E-state index is 0.141. The topological polar surface area (TPSA) is 93.9 Å². The number of piperazine rings is 1. The molecule has 172 valence electrons. The van der Waals surface area contributed by atoms with Crippen molar-refractivity contribution >= 4 is 28.1 Å². The molecule has 33 heavy (non-hydrogen) atoms. The quantitative estimate of drug-likeness (QED) is 0.409. The van der Waals surface area contributed by atoms with Crippen molar-refractivity contribution < 1.29 is 14.4 Å². The largest absolute Gasteiger partial charge is 0.493 e. The Morgan fingerprint density at radius 2 is 1.64 bits per heavy atom. The van der Waals surface area contributed by atoms with Crippen molar-refractivity contribution in [1.29, 1.82) is 0 Å². The molecule has 0 bridgehead atoms. The maximum absolute atomic E-state index is 11.5. The van der Waals surface area contributed by atoms with Gasteiger partial charge in [0.15, 0.2) is 11.5 Å². The van der Waals surface area contributed by atoms with Crippen LogP contribution in [0, 0.1) is 10.1 Å². The van der Waals surface area contributed by atoms with E-state index in [1.165, 1.54) is 6.42 Å². The third-order valence-electron chi connectivity index (χ3n) is 6.67. The summed E-state index contributed by atoms with van der Waals surface area (Å²) in [5.41, 5.74) is 1.65. The number of nitrogens with zero attached hydrogens (tertiary/aromatic N) is 5. The van der Waals surface area contributed by atoms with Crippen LogP contribution in [0.1, 0.15) is 31.0 Å². The Morgan fingerprint density at radius 1 is 0.970 bits per heavy atom. The van der Waals surface area contributed by atoms with E-state index in [0.717, 1.165) is 35.4 Å². The Balaban J connectivity index is 1.49. The van der Waals surface area contributed by atoms with Crippen molar-refractivity contribution in [3.8, 4) is 11.5 Å². The molecule has 1 aromatic heterocycles. The molecule has 2 aliphatic rings. The highest BCUT2D eigenvalue weighted by Gasteiger charge is 2.28. The number of anilines is 2. The Morgan fingerprint density at radius 3 is 2.27 bits per heavy atom. The van der Waals surface area contributed by atoms with Crippen molar-refractivity contribution in [3.63, 3.8) is 0 Å². The Labute approximate surface area is 192 Å². The summed E-state index contributed by atoms with van der Waals surface area (Å²) in [4.78, 5) is 25.4. The van der Waals surface area contributed by atoms with Crippen molar-refractivity contribution in [2.24, 2.45) is 0 Å². The van der Waals surface area contributed by atoms with Crippen LogP contribution >= 0.6 is 0 Å². The van der Waals surface area contributed by atoms with Gasteiger partial charge in [-0.3, -0.25) is 10.1 Å². The number of fused-ring (bicyclic) bond motifs is 1. The van der Waals surface area contributed by atoms with Gasteiger partial charge in [0.25, 0.3) is 5.69 Å². The smallest absolute Gasteiger partial charge is 0.292 e. The summed E-state index contributed by atoms with van der Waals surface area (Å²) in [5, 5.41) is 12.4. The number of benzene rings is 2. The molecule has 1 saturated heterocycles. The Bertz CT molecular complexity index is 1190. The lowest BCUT2D eigenvalue weighted by Gasteiger charge is -2.37. The summed E-state index contributed by atoms with van der Waals surface area (Å²) in [7, 11) is 3.25. The highest BCUT2D eigenvalue weighted by atomic mass is 16.6. The van der Waals surface area contributed by atoms with Crippen LogP contribution in [0.25, 0.3) is 10.9 Å². The highest BCUT2D eigenvalue weighted by molar-refractivity contribution is 5.92. The lowest BCUT2D eigenvalue weighted by Crippen LogP contribution is -2.47. The second-order valence-corrected chi connectivity index (χ2v) is 8.48. The molecule has 0 amide bonds. The van der Waals surface area contributed by atoms with Crippen LogP contribution < -0.4 is 19.3 Å². The summed E-state index contributed by atoms with van der Waals surface area (Å²) < 4.78 is 11.0. The molecule has 1 saturated carbocycles. The molecule has 9 nitrogen and oxygen atoms in total. The maximum Gasteiger partial charge on any atom is 0.292 e. The van der Waals surface area contributed by atoms with E-state index in [0.29, 0.717) is 49.3 Å². The first kappa shape index (κ1) is 21.2. The zero-order valence-electron chi connectivity index (χ0n) is 18.9. The zero-order valence-corrected chi connectivity index (χ0v) is 18.9. The minimum Gasteiger partial charge on any atom is -0.493 e. The van der Waals surface area contributed by atoms with Crippen molar-refractivity contribution in [2.75, 3.05) is 50.2 Å². The van der Waals surface area contributed by atoms with Crippen molar-refractivity contribution in [1.82, 2.24) is 9.97 Å². The fourth-order valence-corrected chi connectivity index (χ4v) is 4.59. The number of aromatic nitrogens is 2. The number of methoxy groups -OCH3 is 2. The molecule has 0 unspecified atom stereocenters. The molecule has 0 radical (unpaired) electrons. The number of para-hydroxylation sites is 2. The average molecular weight is 450 g/mol. The molecule has 2 aromatic carbocycles.